The lowest BCUT2D eigenvalue weighted by Crippen LogP contribution is -2.29. The summed E-state index contributed by atoms with van der Waals surface area (Å²) in [5, 5.41) is 2.12. The molecule has 100 valence electrons. The maximum atomic E-state index is 11.9. The van der Waals surface area contributed by atoms with E-state index in [-0.39, 0.29) is 12.4 Å². The van der Waals surface area contributed by atoms with E-state index in [9.17, 15) is 18.0 Å². The Morgan fingerprint density at radius 2 is 2.11 bits per heavy atom. The number of halogens is 3. The molecule has 0 aliphatic rings. The molecule has 0 bridgehead atoms. The molecule has 1 aromatic rings. The Labute approximate surface area is 102 Å². The van der Waals surface area contributed by atoms with Crippen molar-refractivity contribution in [1.29, 1.82) is 0 Å². The Kier molecular flexibility index (Phi) is 4.46. The summed E-state index contributed by atoms with van der Waals surface area (Å²) in [5.41, 5.74) is 0. The van der Waals surface area contributed by atoms with Gasteiger partial charge in [0.05, 0.1) is 6.54 Å². The van der Waals surface area contributed by atoms with Gasteiger partial charge in [0.1, 0.15) is 18.1 Å². The molecule has 0 saturated heterocycles. The van der Waals surface area contributed by atoms with Crippen LogP contribution in [0.25, 0.3) is 0 Å². The maximum Gasteiger partial charge on any atom is 0.397 e. The van der Waals surface area contributed by atoms with Crippen molar-refractivity contribution in [2.75, 3.05) is 19.0 Å². The maximum absolute atomic E-state index is 11.9. The quantitative estimate of drug-likeness (QED) is 0.883. The van der Waals surface area contributed by atoms with Gasteiger partial charge in [-0.15, -0.1) is 0 Å². The van der Waals surface area contributed by atoms with Gasteiger partial charge in [0, 0.05) is 20.3 Å². The van der Waals surface area contributed by atoms with E-state index < -0.39 is 18.5 Å². The molecule has 1 N–H and O–H groups in total. The van der Waals surface area contributed by atoms with Gasteiger partial charge in [-0.2, -0.15) is 13.2 Å². The van der Waals surface area contributed by atoms with Crippen molar-refractivity contribution in [1.82, 2.24) is 15.3 Å². The zero-order valence-electron chi connectivity index (χ0n) is 9.95. The minimum atomic E-state index is -4.50. The fourth-order valence-electron chi connectivity index (χ4n) is 1.14. The van der Waals surface area contributed by atoms with Crippen LogP contribution >= 0.6 is 0 Å². The lowest BCUT2D eigenvalue weighted by Gasteiger charge is -2.12. The van der Waals surface area contributed by atoms with Crippen molar-refractivity contribution in [3.05, 3.63) is 18.1 Å². The SMILES string of the molecule is CN(C)c1ccnc(CNC(=O)CC(F)(F)F)n1. The fourth-order valence-corrected chi connectivity index (χ4v) is 1.14. The van der Waals surface area contributed by atoms with E-state index in [4.69, 9.17) is 0 Å². The van der Waals surface area contributed by atoms with E-state index in [0.29, 0.717) is 5.82 Å². The Morgan fingerprint density at radius 1 is 1.44 bits per heavy atom. The van der Waals surface area contributed by atoms with Gasteiger partial charge in [0.15, 0.2) is 0 Å². The minimum absolute atomic E-state index is 0.128. The second-order valence-electron chi connectivity index (χ2n) is 3.79. The second-order valence-corrected chi connectivity index (χ2v) is 3.79. The van der Waals surface area contributed by atoms with Gasteiger partial charge in [-0.25, -0.2) is 9.97 Å². The van der Waals surface area contributed by atoms with E-state index in [1.54, 1.807) is 25.1 Å². The van der Waals surface area contributed by atoms with E-state index in [2.05, 4.69) is 15.3 Å². The number of hydrogen-bond acceptors (Lipinski definition) is 4. The third kappa shape index (κ3) is 4.98. The molecule has 5 nitrogen and oxygen atoms in total. The molecule has 0 unspecified atom stereocenters. The summed E-state index contributed by atoms with van der Waals surface area (Å²) in [7, 11) is 3.54. The monoisotopic (exact) mass is 262 g/mol. The lowest BCUT2D eigenvalue weighted by molar-refractivity contribution is -0.153. The summed E-state index contributed by atoms with van der Waals surface area (Å²) in [6.45, 7) is -0.128. The van der Waals surface area contributed by atoms with Crippen LogP contribution in [0.2, 0.25) is 0 Å². The average Bonchev–Trinajstić information content (AvgIpc) is 2.24. The van der Waals surface area contributed by atoms with Gasteiger partial charge in [0.2, 0.25) is 5.91 Å². The second kappa shape index (κ2) is 5.65. The first kappa shape index (κ1) is 14.2. The van der Waals surface area contributed by atoms with E-state index >= 15 is 0 Å². The van der Waals surface area contributed by atoms with Crippen molar-refractivity contribution < 1.29 is 18.0 Å². The molecule has 1 rings (SSSR count). The van der Waals surface area contributed by atoms with Gasteiger partial charge in [0.25, 0.3) is 0 Å². The Bertz CT molecular complexity index is 420. The number of carbonyl (C=O) groups excluding carboxylic acids is 1. The predicted molar refractivity (Wildman–Crippen MR) is 58.9 cm³/mol. The molecule has 0 saturated carbocycles. The van der Waals surface area contributed by atoms with Gasteiger partial charge in [-0.3, -0.25) is 4.79 Å². The fraction of sp³-hybridized carbons (Fsp3) is 0.500. The zero-order valence-corrected chi connectivity index (χ0v) is 9.95. The highest BCUT2D eigenvalue weighted by atomic mass is 19.4. The first-order valence-electron chi connectivity index (χ1n) is 5.10. The van der Waals surface area contributed by atoms with Crippen LogP contribution in [-0.4, -0.2) is 36.1 Å². The predicted octanol–water partition coefficient (Wildman–Crippen LogP) is 1.11. The van der Waals surface area contributed by atoms with Crippen molar-refractivity contribution in [3.8, 4) is 0 Å². The smallest absolute Gasteiger partial charge is 0.363 e. The molecule has 0 fully saturated rings. The molecular formula is C10H13F3N4O. The van der Waals surface area contributed by atoms with Crippen LogP contribution in [0.1, 0.15) is 12.2 Å². The van der Waals surface area contributed by atoms with Crippen molar-refractivity contribution in [3.63, 3.8) is 0 Å². The molecule has 0 aliphatic carbocycles. The largest absolute Gasteiger partial charge is 0.397 e. The third-order valence-corrected chi connectivity index (χ3v) is 1.95. The Hall–Kier alpha value is -1.86. The average molecular weight is 262 g/mol. The molecule has 1 amide bonds. The number of nitrogens with one attached hydrogen (secondary N) is 1. The summed E-state index contributed by atoms with van der Waals surface area (Å²) in [4.78, 5) is 20.6. The van der Waals surface area contributed by atoms with Crippen molar-refractivity contribution >= 4 is 11.7 Å². The molecule has 1 heterocycles. The molecule has 0 aliphatic heterocycles. The number of alkyl halides is 3. The molecule has 0 radical (unpaired) electrons. The van der Waals surface area contributed by atoms with Crippen LogP contribution in [0.3, 0.4) is 0 Å². The Balaban J connectivity index is 2.53. The first-order chi connectivity index (χ1) is 8.28. The molecule has 0 spiro atoms. The zero-order chi connectivity index (χ0) is 13.8. The van der Waals surface area contributed by atoms with Crippen LogP contribution in [0.4, 0.5) is 19.0 Å². The third-order valence-electron chi connectivity index (χ3n) is 1.95. The van der Waals surface area contributed by atoms with Crippen LogP contribution < -0.4 is 10.2 Å². The molecule has 1 aromatic heterocycles. The standard InChI is InChI=1S/C10H13F3N4O/c1-17(2)8-3-4-14-7(16-8)6-15-9(18)5-10(11,12)13/h3-4H,5-6H2,1-2H3,(H,15,18). The summed E-state index contributed by atoms with van der Waals surface area (Å²) >= 11 is 0. The van der Waals surface area contributed by atoms with Gasteiger partial charge in [-0.1, -0.05) is 0 Å². The Morgan fingerprint density at radius 3 is 2.67 bits per heavy atom. The first-order valence-corrected chi connectivity index (χ1v) is 5.10. The normalized spacial score (nSPS) is 11.2. The molecule has 18 heavy (non-hydrogen) atoms. The highest BCUT2D eigenvalue weighted by molar-refractivity contribution is 5.76. The number of amides is 1. The number of anilines is 1. The van der Waals surface area contributed by atoms with Crippen LogP contribution in [-0.2, 0) is 11.3 Å². The lowest BCUT2D eigenvalue weighted by atomic mass is 10.4. The summed E-state index contributed by atoms with van der Waals surface area (Å²) < 4.78 is 35.7. The van der Waals surface area contributed by atoms with Gasteiger partial charge < -0.3 is 10.2 Å². The van der Waals surface area contributed by atoms with E-state index in [0.717, 1.165) is 0 Å². The van der Waals surface area contributed by atoms with Crippen molar-refractivity contribution in [2.24, 2.45) is 0 Å². The van der Waals surface area contributed by atoms with Gasteiger partial charge in [-0.05, 0) is 6.07 Å². The number of nitrogens with zero attached hydrogens (tertiary/aromatic N) is 3. The van der Waals surface area contributed by atoms with Crippen LogP contribution in [0, 0.1) is 0 Å². The summed E-state index contributed by atoms with van der Waals surface area (Å²) in [6.07, 6.45) is -4.52. The van der Waals surface area contributed by atoms with E-state index in [1.807, 2.05) is 0 Å². The number of carbonyl (C=O) groups is 1. The van der Waals surface area contributed by atoms with Crippen molar-refractivity contribution in [2.45, 2.75) is 19.1 Å². The topological polar surface area (TPSA) is 58.1 Å². The minimum Gasteiger partial charge on any atom is -0.363 e. The molecule has 0 atom stereocenters. The summed E-state index contributed by atoms with van der Waals surface area (Å²) in [5.74, 6) is -0.219. The highest BCUT2D eigenvalue weighted by Crippen LogP contribution is 2.18. The van der Waals surface area contributed by atoms with Crippen LogP contribution in [0.5, 0.6) is 0 Å². The highest BCUT2D eigenvalue weighted by Gasteiger charge is 2.30. The summed E-state index contributed by atoms with van der Waals surface area (Å²) in [6, 6.07) is 1.65. The van der Waals surface area contributed by atoms with Crippen LogP contribution in [0.15, 0.2) is 12.3 Å². The molecule has 0 aromatic carbocycles. The van der Waals surface area contributed by atoms with E-state index in [1.165, 1.54) is 6.20 Å². The molecule has 8 heteroatoms. The molecular weight excluding hydrogens is 249 g/mol. The number of hydrogen-bond donors (Lipinski definition) is 1. The van der Waals surface area contributed by atoms with Gasteiger partial charge >= 0.3 is 6.18 Å². The number of aromatic nitrogens is 2. The number of rotatable bonds is 4.